The lowest BCUT2D eigenvalue weighted by molar-refractivity contribution is 0.249. The lowest BCUT2D eigenvalue weighted by Crippen LogP contribution is -2.25. The molecule has 0 heterocycles. The number of carbonyl (C=O) groups excluding carboxylic acids is 1. The Kier molecular flexibility index (Phi) is 3.23. The number of nitrogens with zero attached hydrogens (tertiary/aromatic N) is 1. The van der Waals surface area contributed by atoms with Gasteiger partial charge in [-0.25, -0.2) is 10.2 Å². The summed E-state index contributed by atoms with van der Waals surface area (Å²) in [5.41, 5.74) is 9.95. The summed E-state index contributed by atoms with van der Waals surface area (Å²) in [6.07, 6.45) is 0. The van der Waals surface area contributed by atoms with Crippen molar-refractivity contribution in [3.05, 3.63) is 35.4 Å². The lowest BCUT2D eigenvalue weighted by Gasteiger charge is -2.04. The Labute approximate surface area is 82.8 Å². The van der Waals surface area contributed by atoms with Gasteiger partial charge in [0.05, 0.1) is 5.71 Å². The van der Waals surface area contributed by atoms with Crippen molar-refractivity contribution in [1.29, 1.82) is 0 Å². The third-order valence-electron chi connectivity index (χ3n) is 1.87. The summed E-state index contributed by atoms with van der Waals surface area (Å²) in [5.74, 6) is 0. The van der Waals surface area contributed by atoms with E-state index in [1.54, 1.807) is 0 Å². The number of primary amides is 1. The van der Waals surface area contributed by atoms with E-state index < -0.39 is 6.03 Å². The molecular formula is C10H13N3O. The summed E-state index contributed by atoms with van der Waals surface area (Å²) < 4.78 is 0. The Morgan fingerprint density at radius 2 is 2.07 bits per heavy atom. The highest BCUT2D eigenvalue weighted by Gasteiger charge is 2.00. The predicted octanol–water partition coefficient (Wildman–Crippen LogP) is 1.39. The van der Waals surface area contributed by atoms with E-state index in [9.17, 15) is 4.79 Å². The number of hydrazone groups is 1. The van der Waals surface area contributed by atoms with E-state index in [1.165, 1.54) is 0 Å². The second-order valence-corrected chi connectivity index (χ2v) is 2.99. The van der Waals surface area contributed by atoms with Crippen LogP contribution in [0, 0.1) is 6.92 Å². The molecule has 0 aromatic heterocycles. The minimum Gasteiger partial charge on any atom is -0.350 e. The minimum atomic E-state index is -0.655. The van der Waals surface area contributed by atoms with E-state index in [4.69, 9.17) is 5.73 Å². The van der Waals surface area contributed by atoms with Gasteiger partial charge in [0.25, 0.3) is 0 Å². The Bertz CT molecular complexity index is 371. The van der Waals surface area contributed by atoms with Gasteiger partial charge in [-0.3, -0.25) is 0 Å². The third-order valence-corrected chi connectivity index (χ3v) is 1.87. The summed E-state index contributed by atoms with van der Waals surface area (Å²) in [5, 5.41) is 3.85. The van der Waals surface area contributed by atoms with Crippen molar-refractivity contribution < 1.29 is 4.79 Å². The largest absolute Gasteiger partial charge is 0.350 e. The number of carbonyl (C=O) groups is 1. The number of benzene rings is 1. The molecule has 1 rings (SSSR count). The van der Waals surface area contributed by atoms with E-state index in [0.717, 1.165) is 16.8 Å². The zero-order valence-corrected chi connectivity index (χ0v) is 8.24. The van der Waals surface area contributed by atoms with Crippen molar-refractivity contribution in [2.45, 2.75) is 13.8 Å². The van der Waals surface area contributed by atoms with E-state index in [1.807, 2.05) is 38.1 Å². The molecule has 0 aliphatic carbocycles. The van der Waals surface area contributed by atoms with Crippen LogP contribution >= 0.6 is 0 Å². The molecule has 0 aliphatic heterocycles. The van der Waals surface area contributed by atoms with E-state index in [0.29, 0.717) is 0 Å². The van der Waals surface area contributed by atoms with E-state index >= 15 is 0 Å². The van der Waals surface area contributed by atoms with Crippen LogP contribution in [-0.2, 0) is 0 Å². The standard InChI is InChI=1S/C10H13N3O/c1-7-5-3-4-6-9(7)8(2)12-13-10(11)14/h3-6H,1-2H3,(H3,11,13,14). The van der Waals surface area contributed by atoms with Crippen LogP contribution < -0.4 is 11.2 Å². The number of nitrogens with one attached hydrogen (secondary N) is 1. The highest BCUT2D eigenvalue weighted by molar-refractivity contribution is 6.00. The number of rotatable bonds is 2. The van der Waals surface area contributed by atoms with Crippen LogP contribution in [0.15, 0.2) is 29.4 Å². The molecule has 74 valence electrons. The fourth-order valence-corrected chi connectivity index (χ4v) is 1.18. The number of aryl methyl sites for hydroxylation is 1. The van der Waals surface area contributed by atoms with Crippen LogP contribution in [-0.4, -0.2) is 11.7 Å². The fourth-order valence-electron chi connectivity index (χ4n) is 1.18. The molecule has 0 saturated heterocycles. The molecule has 1 aromatic carbocycles. The van der Waals surface area contributed by atoms with Gasteiger partial charge in [0, 0.05) is 5.56 Å². The second kappa shape index (κ2) is 4.41. The van der Waals surface area contributed by atoms with Gasteiger partial charge >= 0.3 is 6.03 Å². The van der Waals surface area contributed by atoms with Gasteiger partial charge in [-0.15, -0.1) is 0 Å². The quantitative estimate of drug-likeness (QED) is 0.538. The van der Waals surface area contributed by atoms with Crippen LogP contribution in [0.25, 0.3) is 0 Å². The average Bonchev–Trinajstić information content (AvgIpc) is 2.15. The van der Waals surface area contributed by atoms with Crippen molar-refractivity contribution in [2.24, 2.45) is 10.8 Å². The maximum atomic E-state index is 10.4. The van der Waals surface area contributed by atoms with Crippen molar-refractivity contribution in [3.8, 4) is 0 Å². The summed E-state index contributed by atoms with van der Waals surface area (Å²) in [6.45, 7) is 3.80. The van der Waals surface area contributed by atoms with Crippen LogP contribution in [0.1, 0.15) is 18.1 Å². The van der Waals surface area contributed by atoms with Crippen molar-refractivity contribution in [1.82, 2.24) is 5.43 Å². The van der Waals surface area contributed by atoms with E-state index in [2.05, 4.69) is 10.5 Å². The molecule has 4 nitrogen and oxygen atoms in total. The summed E-state index contributed by atoms with van der Waals surface area (Å²) in [7, 11) is 0. The fraction of sp³-hybridized carbons (Fsp3) is 0.200. The van der Waals surface area contributed by atoms with Crippen LogP contribution in [0.3, 0.4) is 0 Å². The van der Waals surface area contributed by atoms with Gasteiger partial charge in [-0.05, 0) is 19.4 Å². The predicted molar refractivity (Wildman–Crippen MR) is 56.1 cm³/mol. The average molecular weight is 191 g/mol. The monoisotopic (exact) mass is 191 g/mol. The molecule has 0 atom stereocenters. The molecule has 0 saturated carbocycles. The molecule has 3 N–H and O–H groups in total. The zero-order chi connectivity index (χ0) is 10.6. The maximum absolute atomic E-state index is 10.4. The summed E-state index contributed by atoms with van der Waals surface area (Å²) in [6, 6.07) is 7.15. The highest BCUT2D eigenvalue weighted by atomic mass is 16.2. The van der Waals surface area contributed by atoms with Gasteiger partial charge < -0.3 is 5.73 Å². The van der Waals surface area contributed by atoms with Crippen molar-refractivity contribution in [2.75, 3.05) is 0 Å². The first kappa shape index (κ1) is 10.2. The zero-order valence-electron chi connectivity index (χ0n) is 8.24. The molecule has 0 bridgehead atoms. The Morgan fingerprint density at radius 1 is 1.43 bits per heavy atom. The molecule has 4 heteroatoms. The SMILES string of the molecule is CC(=NNC(N)=O)c1ccccc1C. The highest BCUT2D eigenvalue weighted by Crippen LogP contribution is 2.07. The van der Waals surface area contributed by atoms with Gasteiger partial charge in [0.1, 0.15) is 0 Å². The number of hydrogen-bond acceptors (Lipinski definition) is 2. The molecule has 0 radical (unpaired) electrons. The van der Waals surface area contributed by atoms with Gasteiger partial charge in [0.2, 0.25) is 0 Å². The smallest absolute Gasteiger partial charge is 0.332 e. The number of urea groups is 1. The summed E-state index contributed by atoms with van der Waals surface area (Å²) >= 11 is 0. The van der Waals surface area contributed by atoms with Crippen LogP contribution in [0.5, 0.6) is 0 Å². The molecule has 2 amide bonds. The van der Waals surface area contributed by atoms with E-state index in [-0.39, 0.29) is 0 Å². The molecule has 0 aliphatic rings. The number of nitrogens with two attached hydrogens (primary N) is 1. The first-order valence-corrected chi connectivity index (χ1v) is 4.27. The number of hydrogen-bond donors (Lipinski definition) is 2. The van der Waals surface area contributed by atoms with Gasteiger partial charge in [0.15, 0.2) is 0 Å². The maximum Gasteiger partial charge on any atom is 0.332 e. The Hall–Kier alpha value is -1.84. The molecular weight excluding hydrogens is 178 g/mol. The normalized spacial score (nSPS) is 11.1. The summed E-state index contributed by atoms with van der Waals surface area (Å²) in [4.78, 5) is 10.4. The first-order chi connectivity index (χ1) is 6.61. The lowest BCUT2D eigenvalue weighted by atomic mass is 10.1. The molecule has 0 fully saturated rings. The van der Waals surface area contributed by atoms with Crippen LogP contribution in [0.2, 0.25) is 0 Å². The van der Waals surface area contributed by atoms with Gasteiger partial charge in [-0.1, -0.05) is 24.3 Å². The molecule has 1 aromatic rings. The topological polar surface area (TPSA) is 67.5 Å². The molecule has 0 unspecified atom stereocenters. The third kappa shape index (κ3) is 2.58. The Morgan fingerprint density at radius 3 is 2.64 bits per heavy atom. The Balaban J connectivity index is 2.89. The minimum absolute atomic E-state index is 0.655. The van der Waals surface area contributed by atoms with Gasteiger partial charge in [-0.2, -0.15) is 5.10 Å². The number of amides is 2. The van der Waals surface area contributed by atoms with Crippen molar-refractivity contribution >= 4 is 11.7 Å². The van der Waals surface area contributed by atoms with Crippen LogP contribution in [0.4, 0.5) is 4.79 Å². The van der Waals surface area contributed by atoms with Crippen molar-refractivity contribution in [3.63, 3.8) is 0 Å². The first-order valence-electron chi connectivity index (χ1n) is 4.27. The molecule has 0 spiro atoms. The second-order valence-electron chi connectivity index (χ2n) is 2.99. The molecule has 14 heavy (non-hydrogen) atoms.